The van der Waals surface area contributed by atoms with Crippen LogP contribution in [-0.4, -0.2) is 26.2 Å². The highest BCUT2D eigenvalue weighted by molar-refractivity contribution is 5.61. The first-order valence-electron chi connectivity index (χ1n) is 6.17. The summed E-state index contributed by atoms with van der Waals surface area (Å²) in [5, 5.41) is 12.5. The summed E-state index contributed by atoms with van der Waals surface area (Å²) in [7, 11) is 2.01. The fourth-order valence-electron chi connectivity index (χ4n) is 2.43. The molecule has 2 rings (SSSR count). The molecule has 0 bridgehead atoms. The van der Waals surface area contributed by atoms with Gasteiger partial charge in [0.15, 0.2) is 0 Å². The van der Waals surface area contributed by atoms with E-state index in [0.717, 1.165) is 24.3 Å². The number of rotatable bonds is 2. The highest BCUT2D eigenvalue weighted by atomic mass is 15.2. The molecule has 1 saturated heterocycles. The number of hydrogen-bond acceptors (Lipinski definition) is 3. The van der Waals surface area contributed by atoms with E-state index in [2.05, 4.69) is 29.3 Å². The molecule has 0 radical (unpaired) electrons. The van der Waals surface area contributed by atoms with E-state index in [1.165, 1.54) is 18.4 Å². The van der Waals surface area contributed by atoms with Gasteiger partial charge in [0, 0.05) is 19.1 Å². The molecule has 0 saturated carbocycles. The SMILES string of the molecule is CNC1CCCN(c2cc(C)ccc2C#N)C1. The van der Waals surface area contributed by atoms with Gasteiger partial charge in [-0.1, -0.05) is 6.07 Å². The second-order valence-electron chi connectivity index (χ2n) is 4.71. The van der Waals surface area contributed by atoms with Crippen LogP contribution in [-0.2, 0) is 0 Å². The van der Waals surface area contributed by atoms with Crippen molar-refractivity contribution in [2.45, 2.75) is 25.8 Å². The zero-order valence-electron chi connectivity index (χ0n) is 10.5. The van der Waals surface area contributed by atoms with E-state index in [-0.39, 0.29) is 0 Å². The predicted octanol–water partition coefficient (Wildman–Crippen LogP) is 2.05. The Morgan fingerprint density at radius 3 is 3.00 bits per heavy atom. The minimum absolute atomic E-state index is 0.538. The standard InChI is InChI=1S/C14H19N3/c1-11-5-6-12(9-15)14(8-11)17-7-3-4-13(10-17)16-2/h5-6,8,13,16H,3-4,7,10H2,1-2H3. The van der Waals surface area contributed by atoms with Gasteiger partial charge in [0.05, 0.1) is 11.3 Å². The molecule has 1 N–H and O–H groups in total. The van der Waals surface area contributed by atoms with Crippen molar-refractivity contribution < 1.29 is 0 Å². The lowest BCUT2D eigenvalue weighted by Gasteiger charge is -2.34. The molecule has 1 unspecified atom stereocenters. The fourth-order valence-corrected chi connectivity index (χ4v) is 2.43. The van der Waals surface area contributed by atoms with Crippen molar-refractivity contribution >= 4 is 5.69 Å². The first kappa shape index (κ1) is 11.9. The molecule has 1 heterocycles. The van der Waals surface area contributed by atoms with Crippen LogP contribution in [0.25, 0.3) is 0 Å². The van der Waals surface area contributed by atoms with Crippen LogP contribution in [0.3, 0.4) is 0 Å². The van der Waals surface area contributed by atoms with Gasteiger partial charge in [0.25, 0.3) is 0 Å². The summed E-state index contributed by atoms with van der Waals surface area (Å²) >= 11 is 0. The van der Waals surface area contributed by atoms with Crippen molar-refractivity contribution in [3.63, 3.8) is 0 Å². The first-order valence-corrected chi connectivity index (χ1v) is 6.17. The Morgan fingerprint density at radius 2 is 2.29 bits per heavy atom. The average Bonchev–Trinajstić information content (AvgIpc) is 2.39. The van der Waals surface area contributed by atoms with E-state index in [0.29, 0.717) is 6.04 Å². The Balaban J connectivity index is 2.27. The Labute approximate surface area is 103 Å². The van der Waals surface area contributed by atoms with Crippen LogP contribution >= 0.6 is 0 Å². The molecule has 17 heavy (non-hydrogen) atoms. The average molecular weight is 229 g/mol. The van der Waals surface area contributed by atoms with Crippen LogP contribution in [0.1, 0.15) is 24.0 Å². The predicted molar refractivity (Wildman–Crippen MR) is 70.2 cm³/mol. The Bertz CT molecular complexity index is 434. The number of piperidine rings is 1. The third-order valence-corrected chi connectivity index (χ3v) is 3.44. The van der Waals surface area contributed by atoms with Crippen molar-refractivity contribution in [3.05, 3.63) is 29.3 Å². The van der Waals surface area contributed by atoms with Gasteiger partial charge in [0.2, 0.25) is 0 Å². The number of aryl methyl sites for hydroxylation is 1. The van der Waals surface area contributed by atoms with Crippen molar-refractivity contribution in [2.75, 3.05) is 25.0 Å². The third-order valence-electron chi connectivity index (χ3n) is 3.44. The molecule has 1 aromatic carbocycles. The topological polar surface area (TPSA) is 39.1 Å². The summed E-state index contributed by atoms with van der Waals surface area (Å²) in [5.41, 5.74) is 3.09. The Kier molecular flexibility index (Phi) is 3.65. The van der Waals surface area contributed by atoms with Gasteiger partial charge in [-0.15, -0.1) is 0 Å². The van der Waals surface area contributed by atoms with Crippen LogP contribution in [0, 0.1) is 18.3 Å². The second-order valence-corrected chi connectivity index (χ2v) is 4.71. The monoisotopic (exact) mass is 229 g/mol. The minimum atomic E-state index is 0.538. The zero-order chi connectivity index (χ0) is 12.3. The van der Waals surface area contributed by atoms with Gasteiger partial charge < -0.3 is 10.2 Å². The molecule has 1 aliphatic heterocycles. The molecule has 0 aliphatic carbocycles. The number of nitrogens with one attached hydrogen (secondary N) is 1. The lowest BCUT2D eigenvalue weighted by atomic mass is 10.0. The number of benzene rings is 1. The van der Waals surface area contributed by atoms with E-state index < -0.39 is 0 Å². The highest BCUT2D eigenvalue weighted by Gasteiger charge is 2.20. The first-order chi connectivity index (χ1) is 8.24. The van der Waals surface area contributed by atoms with Crippen LogP contribution in [0.2, 0.25) is 0 Å². The molecule has 90 valence electrons. The van der Waals surface area contributed by atoms with Crippen LogP contribution in [0.15, 0.2) is 18.2 Å². The largest absolute Gasteiger partial charge is 0.369 e. The number of likely N-dealkylation sites (N-methyl/N-ethyl adjacent to an activating group) is 1. The van der Waals surface area contributed by atoms with E-state index in [1.807, 2.05) is 19.2 Å². The van der Waals surface area contributed by atoms with Gasteiger partial charge in [-0.3, -0.25) is 0 Å². The maximum absolute atomic E-state index is 9.17. The summed E-state index contributed by atoms with van der Waals surface area (Å²) in [6.45, 7) is 4.12. The fraction of sp³-hybridized carbons (Fsp3) is 0.500. The number of anilines is 1. The summed E-state index contributed by atoms with van der Waals surface area (Å²) in [6, 6.07) is 8.88. The minimum Gasteiger partial charge on any atom is -0.369 e. The van der Waals surface area contributed by atoms with E-state index >= 15 is 0 Å². The molecular formula is C14H19N3. The summed E-state index contributed by atoms with van der Waals surface area (Å²) < 4.78 is 0. The molecule has 1 atom stereocenters. The highest BCUT2D eigenvalue weighted by Crippen LogP contribution is 2.25. The van der Waals surface area contributed by atoms with Gasteiger partial charge >= 0.3 is 0 Å². The van der Waals surface area contributed by atoms with E-state index in [9.17, 15) is 5.26 Å². The molecular weight excluding hydrogens is 210 g/mol. The van der Waals surface area contributed by atoms with Gasteiger partial charge in [-0.2, -0.15) is 5.26 Å². The second kappa shape index (κ2) is 5.20. The number of hydrogen-bond donors (Lipinski definition) is 1. The van der Waals surface area contributed by atoms with Crippen molar-refractivity contribution in [1.82, 2.24) is 5.32 Å². The summed E-state index contributed by atoms with van der Waals surface area (Å²) in [5.74, 6) is 0. The van der Waals surface area contributed by atoms with E-state index in [1.54, 1.807) is 0 Å². The van der Waals surface area contributed by atoms with Crippen LogP contribution in [0.5, 0.6) is 0 Å². The summed E-state index contributed by atoms with van der Waals surface area (Å²) in [4.78, 5) is 2.33. The van der Waals surface area contributed by atoms with Gasteiger partial charge in [-0.05, 0) is 44.5 Å². The van der Waals surface area contributed by atoms with E-state index in [4.69, 9.17) is 0 Å². The zero-order valence-corrected chi connectivity index (χ0v) is 10.5. The lowest BCUT2D eigenvalue weighted by Crippen LogP contribution is -2.44. The normalized spacial score (nSPS) is 20.1. The maximum atomic E-state index is 9.17. The molecule has 3 nitrogen and oxygen atoms in total. The molecule has 0 spiro atoms. The summed E-state index contributed by atoms with van der Waals surface area (Å²) in [6.07, 6.45) is 2.41. The van der Waals surface area contributed by atoms with Crippen molar-refractivity contribution in [2.24, 2.45) is 0 Å². The molecule has 1 aromatic rings. The smallest absolute Gasteiger partial charge is 0.101 e. The molecule has 1 aliphatic rings. The third kappa shape index (κ3) is 2.59. The van der Waals surface area contributed by atoms with Crippen molar-refractivity contribution in [1.29, 1.82) is 5.26 Å². The lowest BCUT2D eigenvalue weighted by molar-refractivity contribution is 0.449. The Morgan fingerprint density at radius 1 is 1.47 bits per heavy atom. The Hall–Kier alpha value is -1.53. The molecule has 3 heteroatoms. The molecule has 0 amide bonds. The maximum Gasteiger partial charge on any atom is 0.101 e. The molecule has 1 fully saturated rings. The number of nitriles is 1. The van der Waals surface area contributed by atoms with Gasteiger partial charge in [0.1, 0.15) is 6.07 Å². The van der Waals surface area contributed by atoms with Crippen molar-refractivity contribution in [3.8, 4) is 6.07 Å². The van der Waals surface area contributed by atoms with Crippen LogP contribution < -0.4 is 10.2 Å². The van der Waals surface area contributed by atoms with Gasteiger partial charge in [-0.25, -0.2) is 0 Å². The quantitative estimate of drug-likeness (QED) is 0.843. The molecule has 0 aromatic heterocycles. The number of nitrogens with zero attached hydrogens (tertiary/aromatic N) is 2. The van der Waals surface area contributed by atoms with Crippen LogP contribution in [0.4, 0.5) is 5.69 Å².